The number of methoxy groups -OCH3 is 2. The number of hydrogen-bond donors (Lipinski definition) is 0. The van der Waals surface area contributed by atoms with Crippen molar-refractivity contribution < 1.29 is 9.47 Å². The summed E-state index contributed by atoms with van der Waals surface area (Å²) in [4.78, 5) is 7.90. The third-order valence-electron chi connectivity index (χ3n) is 5.69. The molecule has 0 aliphatic carbocycles. The molecule has 5 heteroatoms. The van der Waals surface area contributed by atoms with Crippen molar-refractivity contribution in [1.29, 1.82) is 0 Å². The molecule has 1 aromatic heterocycles. The molecule has 0 saturated heterocycles. The van der Waals surface area contributed by atoms with E-state index in [9.17, 15) is 0 Å². The Labute approximate surface area is 193 Å². The molecule has 3 aromatic carbocycles. The quantitative estimate of drug-likeness (QED) is 0.350. The minimum Gasteiger partial charge on any atom is -0.497 e. The summed E-state index contributed by atoms with van der Waals surface area (Å²) >= 11 is 5.99. The van der Waals surface area contributed by atoms with Gasteiger partial charge in [-0.3, -0.25) is 4.98 Å². The zero-order valence-electron chi connectivity index (χ0n) is 17.9. The van der Waals surface area contributed by atoms with Gasteiger partial charge in [-0.15, -0.1) is 0 Å². The lowest BCUT2D eigenvalue weighted by Gasteiger charge is -2.19. The van der Waals surface area contributed by atoms with Crippen LogP contribution in [0.15, 0.2) is 84.9 Å². The SMILES string of the molecule is COc1cccc(N2Cc3nc(-c4ccccc4)cc(-c4ccccc4OC)c3C2=S)c1. The van der Waals surface area contributed by atoms with Gasteiger partial charge < -0.3 is 14.4 Å². The molecule has 0 N–H and O–H groups in total. The molecule has 0 bridgehead atoms. The first kappa shape index (κ1) is 20.2. The monoisotopic (exact) mass is 438 g/mol. The minimum atomic E-state index is 0.601. The molecule has 0 saturated carbocycles. The molecule has 0 atom stereocenters. The zero-order valence-corrected chi connectivity index (χ0v) is 18.7. The van der Waals surface area contributed by atoms with Crippen molar-refractivity contribution in [2.45, 2.75) is 6.54 Å². The molecule has 2 heterocycles. The van der Waals surface area contributed by atoms with Gasteiger partial charge >= 0.3 is 0 Å². The van der Waals surface area contributed by atoms with Crippen molar-refractivity contribution in [3.63, 3.8) is 0 Å². The number of pyridine rings is 1. The van der Waals surface area contributed by atoms with Crippen LogP contribution in [0.4, 0.5) is 5.69 Å². The summed E-state index contributed by atoms with van der Waals surface area (Å²) in [5.74, 6) is 1.60. The van der Waals surface area contributed by atoms with Crippen LogP contribution in [0.2, 0.25) is 0 Å². The number of para-hydroxylation sites is 1. The first-order chi connectivity index (χ1) is 15.7. The highest BCUT2D eigenvalue weighted by molar-refractivity contribution is 7.81. The molecule has 0 spiro atoms. The van der Waals surface area contributed by atoms with Gasteiger partial charge in [0, 0.05) is 28.4 Å². The highest BCUT2D eigenvalue weighted by Gasteiger charge is 2.31. The van der Waals surface area contributed by atoms with E-state index in [-0.39, 0.29) is 0 Å². The topological polar surface area (TPSA) is 34.6 Å². The Bertz CT molecular complexity index is 1300. The van der Waals surface area contributed by atoms with Gasteiger partial charge in [0.05, 0.1) is 32.2 Å². The lowest BCUT2D eigenvalue weighted by Crippen LogP contribution is -2.22. The number of hydrogen-bond acceptors (Lipinski definition) is 4. The fourth-order valence-electron chi connectivity index (χ4n) is 4.13. The van der Waals surface area contributed by atoms with Crippen molar-refractivity contribution in [1.82, 2.24) is 4.98 Å². The molecule has 32 heavy (non-hydrogen) atoms. The van der Waals surface area contributed by atoms with Gasteiger partial charge in [0.25, 0.3) is 0 Å². The van der Waals surface area contributed by atoms with E-state index in [4.69, 9.17) is 26.7 Å². The van der Waals surface area contributed by atoms with Crippen LogP contribution >= 0.6 is 12.2 Å². The minimum absolute atomic E-state index is 0.601. The average molecular weight is 439 g/mol. The second-order valence-electron chi connectivity index (χ2n) is 7.54. The number of aromatic nitrogens is 1. The Morgan fingerprint density at radius 3 is 2.38 bits per heavy atom. The molecule has 0 unspecified atom stereocenters. The summed E-state index contributed by atoms with van der Waals surface area (Å²) in [6.45, 7) is 0.601. The molecule has 0 radical (unpaired) electrons. The van der Waals surface area contributed by atoms with Crippen molar-refractivity contribution in [3.05, 3.63) is 96.2 Å². The summed E-state index contributed by atoms with van der Waals surface area (Å²) in [6.07, 6.45) is 0. The number of nitrogens with zero attached hydrogens (tertiary/aromatic N) is 2. The van der Waals surface area contributed by atoms with Crippen LogP contribution in [-0.2, 0) is 6.54 Å². The van der Waals surface area contributed by atoms with Gasteiger partial charge in [-0.25, -0.2) is 0 Å². The van der Waals surface area contributed by atoms with Gasteiger partial charge in [-0.1, -0.05) is 66.8 Å². The Kier molecular flexibility index (Phi) is 5.33. The maximum absolute atomic E-state index is 5.99. The van der Waals surface area contributed by atoms with E-state index < -0.39 is 0 Å². The molecule has 1 aliphatic rings. The summed E-state index contributed by atoms with van der Waals surface area (Å²) in [5, 5.41) is 0. The van der Waals surface area contributed by atoms with Crippen LogP contribution in [0.25, 0.3) is 22.4 Å². The number of fused-ring (bicyclic) bond motifs is 1. The lowest BCUT2D eigenvalue weighted by molar-refractivity contribution is 0.415. The highest BCUT2D eigenvalue weighted by atomic mass is 32.1. The summed E-state index contributed by atoms with van der Waals surface area (Å²) in [5.41, 5.74) is 6.94. The van der Waals surface area contributed by atoms with Gasteiger partial charge in [-0.2, -0.15) is 0 Å². The maximum atomic E-state index is 5.99. The number of benzene rings is 3. The molecular formula is C27H22N2O2S. The van der Waals surface area contributed by atoms with E-state index in [0.717, 1.165) is 55.8 Å². The third-order valence-corrected chi connectivity index (χ3v) is 6.12. The van der Waals surface area contributed by atoms with Crippen LogP contribution in [-0.4, -0.2) is 24.2 Å². The van der Waals surface area contributed by atoms with Crippen LogP contribution in [0, 0.1) is 0 Å². The summed E-state index contributed by atoms with van der Waals surface area (Å²) in [7, 11) is 3.36. The predicted octanol–water partition coefficient (Wildman–Crippen LogP) is 6.13. The van der Waals surface area contributed by atoms with Gasteiger partial charge in [0.2, 0.25) is 0 Å². The number of thiocarbonyl (C=S) groups is 1. The predicted molar refractivity (Wildman–Crippen MR) is 133 cm³/mol. The summed E-state index contributed by atoms with van der Waals surface area (Å²) in [6, 6.07) is 28.3. The Balaban J connectivity index is 1.70. The van der Waals surface area contributed by atoms with E-state index in [1.54, 1.807) is 14.2 Å². The maximum Gasteiger partial charge on any atom is 0.126 e. The lowest BCUT2D eigenvalue weighted by atomic mass is 9.96. The third kappa shape index (κ3) is 3.51. The second-order valence-corrected chi connectivity index (χ2v) is 7.92. The Morgan fingerprint density at radius 1 is 0.812 bits per heavy atom. The fraction of sp³-hybridized carbons (Fsp3) is 0.111. The standard InChI is InChI=1S/C27H22N2O2S/c1-30-20-12-8-11-19(15-20)29-17-24-26(27(29)32)22(21-13-6-7-14-25(21)31-2)16-23(28-24)18-9-4-3-5-10-18/h3-16H,17H2,1-2H3. The molecule has 4 nitrogen and oxygen atoms in total. The van der Waals surface area contributed by atoms with Crippen LogP contribution in [0.1, 0.15) is 11.3 Å². The first-order valence-corrected chi connectivity index (χ1v) is 10.8. The van der Waals surface area contributed by atoms with E-state index in [2.05, 4.69) is 29.2 Å². The van der Waals surface area contributed by atoms with Crippen LogP contribution in [0.5, 0.6) is 11.5 Å². The van der Waals surface area contributed by atoms with Crippen molar-refractivity contribution in [3.8, 4) is 33.9 Å². The van der Waals surface area contributed by atoms with Crippen molar-refractivity contribution in [2.24, 2.45) is 0 Å². The molecular weight excluding hydrogens is 416 g/mol. The van der Waals surface area contributed by atoms with E-state index >= 15 is 0 Å². The Hall–Kier alpha value is -3.70. The molecule has 0 amide bonds. The van der Waals surface area contributed by atoms with Crippen LogP contribution < -0.4 is 14.4 Å². The van der Waals surface area contributed by atoms with Gasteiger partial charge in [0.15, 0.2) is 0 Å². The van der Waals surface area contributed by atoms with E-state index in [0.29, 0.717) is 6.54 Å². The summed E-state index contributed by atoms with van der Waals surface area (Å²) < 4.78 is 11.1. The van der Waals surface area contributed by atoms with Crippen LogP contribution in [0.3, 0.4) is 0 Å². The van der Waals surface area contributed by atoms with Crippen molar-refractivity contribution in [2.75, 3.05) is 19.1 Å². The molecule has 158 valence electrons. The molecule has 1 aliphatic heterocycles. The van der Waals surface area contributed by atoms with Crippen molar-refractivity contribution >= 4 is 22.9 Å². The zero-order chi connectivity index (χ0) is 22.1. The van der Waals surface area contributed by atoms with Gasteiger partial charge in [-0.05, 0) is 29.8 Å². The Morgan fingerprint density at radius 2 is 1.59 bits per heavy atom. The number of rotatable bonds is 5. The number of anilines is 1. The average Bonchev–Trinajstić information content (AvgIpc) is 3.20. The second kappa shape index (κ2) is 8.44. The van der Waals surface area contributed by atoms with Gasteiger partial charge in [0.1, 0.15) is 16.5 Å². The first-order valence-electron chi connectivity index (χ1n) is 10.4. The smallest absolute Gasteiger partial charge is 0.126 e. The fourth-order valence-corrected chi connectivity index (χ4v) is 4.53. The normalized spacial score (nSPS) is 12.6. The molecule has 5 rings (SSSR count). The molecule has 0 fully saturated rings. The molecule has 4 aromatic rings. The highest BCUT2D eigenvalue weighted by Crippen LogP contribution is 2.40. The van der Waals surface area contributed by atoms with E-state index in [1.165, 1.54) is 0 Å². The number of ether oxygens (including phenoxy) is 2. The van der Waals surface area contributed by atoms with E-state index in [1.807, 2.05) is 60.7 Å². The largest absolute Gasteiger partial charge is 0.497 e.